The summed E-state index contributed by atoms with van der Waals surface area (Å²) in [7, 11) is 0. The van der Waals surface area contributed by atoms with Crippen LogP contribution < -0.4 is 0 Å². The summed E-state index contributed by atoms with van der Waals surface area (Å²) in [5, 5.41) is 83.3. The van der Waals surface area contributed by atoms with Gasteiger partial charge < -0.3 is 74.0 Å². The number of Topliss-reactive ketones (excluding diaryl/α,β-unsaturated/α-hetero) is 1. The lowest BCUT2D eigenvalue weighted by atomic mass is 9.96. The molecule has 3 aliphatic rings. The monoisotopic (exact) mass is 788 g/mol. The number of carbonyl (C=O) groups excluding carboxylic acids is 2. The number of hydrogen-bond acceptors (Lipinski definition) is 17. The van der Waals surface area contributed by atoms with Crippen LogP contribution in [0.3, 0.4) is 0 Å². The van der Waals surface area contributed by atoms with Crippen LogP contribution in [0.4, 0.5) is 0 Å². The van der Waals surface area contributed by atoms with Gasteiger partial charge in [0.05, 0.1) is 30.5 Å². The SMILES string of the molecule is C=C[C@@](C)(CCC=C(C)C)O[C@H]1O[C@@H](CO)[C@H](O)[C@@H](O)[C@@H]1O[C@H]1O[C@@H](C)[C@H](OC(=O)/C(C)=C/CC[C@@](C)(C=C)O[C@@H]2O[C@H](CO)[C@H](O)C(=O)[C@@H]2O)[C@@H](O)[C@@H]1O. The zero-order valence-corrected chi connectivity index (χ0v) is 32.3. The van der Waals surface area contributed by atoms with Gasteiger partial charge in [-0.1, -0.05) is 29.9 Å². The van der Waals surface area contributed by atoms with Crippen molar-refractivity contribution >= 4 is 11.8 Å². The third-order valence-electron chi connectivity index (χ3n) is 10.1. The second-order valence-electron chi connectivity index (χ2n) is 14.9. The second-order valence-corrected chi connectivity index (χ2v) is 14.9. The van der Waals surface area contributed by atoms with E-state index in [0.29, 0.717) is 12.8 Å². The number of carbonyl (C=O) groups is 2. The van der Waals surface area contributed by atoms with Crippen LogP contribution in [-0.4, -0.2) is 163 Å². The highest BCUT2D eigenvalue weighted by molar-refractivity contribution is 5.88. The first-order chi connectivity index (χ1) is 25.7. The molecule has 0 radical (unpaired) electrons. The molecule has 0 aromatic heterocycles. The zero-order valence-electron chi connectivity index (χ0n) is 32.3. The molecule has 0 spiro atoms. The Hall–Kier alpha value is -2.46. The van der Waals surface area contributed by atoms with Gasteiger partial charge in [0.2, 0.25) is 0 Å². The van der Waals surface area contributed by atoms with E-state index in [-0.39, 0.29) is 18.4 Å². The predicted octanol–water partition coefficient (Wildman–Crippen LogP) is -0.407. The molecule has 3 heterocycles. The number of allylic oxidation sites excluding steroid dienone is 3. The quantitative estimate of drug-likeness (QED) is 0.0499. The summed E-state index contributed by atoms with van der Waals surface area (Å²) < 4.78 is 40.5. The van der Waals surface area contributed by atoms with Crippen molar-refractivity contribution in [2.24, 2.45) is 0 Å². The van der Waals surface area contributed by atoms with Crippen LogP contribution in [0.15, 0.2) is 48.6 Å². The predicted molar refractivity (Wildman–Crippen MR) is 193 cm³/mol. The van der Waals surface area contributed by atoms with Gasteiger partial charge in [0, 0.05) is 5.57 Å². The number of rotatable bonds is 18. The van der Waals surface area contributed by atoms with Gasteiger partial charge in [0.1, 0.15) is 48.8 Å². The molecular formula is C38H60O17. The van der Waals surface area contributed by atoms with Crippen molar-refractivity contribution in [3.05, 3.63) is 48.6 Å². The Kier molecular flexibility index (Phi) is 17.3. The van der Waals surface area contributed by atoms with E-state index in [1.807, 2.05) is 19.9 Å². The molecule has 3 saturated heterocycles. The van der Waals surface area contributed by atoms with E-state index in [9.17, 15) is 50.4 Å². The van der Waals surface area contributed by atoms with Crippen molar-refractivity contribution in [1.29, 1.82) is 0 Å². The summed E-state index contributed by atoms with van der Waals surface area (Å²) in [6.07, 6.45) is -13.4. The number of aliphatic hydroxyl groups is 8. The molecule has 0 amide bonds. The summed E-state index contributed by atoms with van der Waals surface area (Å²) in [4.78, 5) is 25.3. The molecule has 0 unspecified atom stereocenters. The maximum atomic E-state index is 13.1. The highest BCUT2D eigenvalue weighted by Crippen LogP contribution is 2.34. The third kappa shape index (κ3) is 11.8. The number of ether oxygens (including phenoxy) is 7. The lowest BCUT2D eigenvalue weighted by Crippen LogP contribution is -2.65. The molecule has 17 heteroatoms. The Morgan fingerprint density at radius 1 is 0.727 bits per heavy atom. The molecule has 8 N–H and O–H groups in total. The van der Waals surface area contributed by atoms with E-state index >= 15 is 0 Å². The number of esters is 1. The smallest absolute Gasteiger partial charge is 0.333 e. The average Bonchev–Trinajstić information content (AvgIpc) is 3.14. The largest absolute Gasteiger partial charge is 0.453 e. The van der Waals surface area contributed by atoms with Gasteiger partial charge in [0.15, 0.2) is 36.9 Å². The zero-order chi connectivity index (χ0) is 41.4. The minimum absolute atomic E-state index is 0.121. The topological polar surface area (TPSA) is 261 Å². The van der Waals surface area contributed by atoms with Crippen LogP contribution >= 0.6 is 0 Å². The highest BCUT2D eigenvalue weighted by atomic mass is 16.8. The minimum atomic E-state index is -1.82. The Morgan fingerprint density at radius 3 is 1.80 bits per heavy atom. The van der Waals surface area contributed by atoms with Gasteiger partial charge >= 0.3 is 5.97 Å². The lowest BCUT2D eigenvalue weighted by Gasteiger charge is -2.47. The fourth-order valence-corrected chi connectivity index (χ4v) is 6.25. The van der Waals surface area contributed by atoms with E-state index < -0.39 is 122 Å². The number of hydrogen-bond donors (Lipinski definition) is 8. The van der Waals surface area contributed by atoms with E-state index in [1.165, 1.54) is 26.0 Å². The molecular weight excluding hydrogens is 728 g/mol. The summed E-state index contributed by atoms with van der Waals surface area (Å²) in [6.45, 7) is 16.4. The fourth-order valence-electron chi connectivity index (χ4n) is 6.25. The van der Waals surface area contributed by atoms with Gasteiger partial charge in [-0.2, -0.15) is 0 Å². The van der Waals surface area contributed by atoms with Gasteiger partial charge in [-0.25, -0.2) is 4.79 Å². The summed E-state index contributed by atoms with van der Waals surface area (Å²) in [6, 6.07) is 0. The Bertz CT molecular complexity index is 1370. The van der Waals surface area contributed by atoms with Crippen molar-refractivity contribution in [3.8, 4) is 0 Å². The summed E-state index contributed by atoms with van der Waals surface area (Å²) in [5.41, 5.74) is -0.987. The first kappa shape index (κ1) is 46.9. The van der Waals surface area contributed by atoms with Crippen LogP contribution in [0.25, 0.3) is 0 Å². The molecule has 3 fully saturated rings. The molecule has 16 atom stereocenters. The van der Waals surface area contributed by atoms with E-state index in [2.05, 4.69) is 13.2 Å². The van der Waals surface area contributed by atoms with Crippen LogP contribution in [-0.2, 0) is 42.7 Å². The Balaban J connectivity index is 1.65. The van der Waals surface area contributed by atoms with Crippen molar-refractivity contribution in [2.75, 3.05) is 13.2 Å². The van der Waals surface area contributed by atoms with Gasteiger partial charge in [-0.05, 0) is 67.2 Å². The second kappa shape index (κ2) is 20.3. The summed E-state index contributed by atoms with van der Waals surface area (Å²) in [5.74, 6) is -1.80. The lowest BCUT2D eigenvalue weighted by molar-refractivity contribution is -0.373. The van der Waals surface area contributed by atoms with Crippen molar-refractivity contribution < 1.29 is 83.6 Å². The van der Waals surface area contributed by atoms with Crippen molar-refractivity contribution in [3.63, 3.8) is 0 Å². The van der Waals surface area contributed by atoms with E-state index in [4.69, 9.17) is 33.2 Å². The molecule has 55 heavy (non-hydrogen) atoms. The molecule has 3 rings (SSSR count). The molecule has 0 aliphatic carbocycles. The van der Waals surface area contributed by atoms with Gasteiger partial charge in [0.25, 0.3) is 0 Å². The van der Waals surface area contributed by atoms with Gasteiger partial charge in [-0.15, -0.1) is 13.2 Å². The Labute approximate surface area is 321 Å². The Morgan fingerprint density at radius 2 is 1.25 bits per heavy atom. The van der Waals surface area contributed by atoms with Crippen LogP contribution in [0.1, 0.15) is 67.2 Å². The molecule has 17 nitrogen and oxygen atoms in total. The molecule has 314 valence electrons. The molecule has 3 aliphatic heterocycles. The van der Waals surface area contributed by atoms with Crippen LogP contribution in [0, 0.1) is 0 Å². The molecule has 0 aromatic rings. The maximum absolute atomic E-state index is 13.1. The standard InChI is InChI=1S/C38H60O17/c1-9-37(7,54-35-29(46)26(43)24(41)22(17-39)50-35)16-12-14-20(5)33(48)52-31-21(6)49-34(30(47)28(31)45)53-32-27(44)25(42)23(18-40)51-36(32)55-38(8,10-2)15-11-13-19(3)4/h9-10,13-14,21-25,27-32,34-36,39-42,44-47H,1-2,11-12,15-18H2,3-8H3/b20-14+/t21-,22+,23-,24-,25-,27+,28-,29-,30-,31-,32-,34+,35-,36+,37+,38-/m0/s1. The fraction of sp³-hybridized carbons (Fsp3) is 0.737. The molecule has 0 aromatic carbocycles. The van der Waals surface area contributed by atoms with Gasteiger partial charge in [-0.3, -0.25) is 4.79 Å². The maximum Gasteiger partial charge on any atom is 0.333 e. The first-order valence-corrected chi connectivity index (χ1v) is 18.3. The number of aliphatic hydroxyl groups excluding tert-OH is 8. The van der Waals surface area contributed by atoms with E-state index in [1.54, 1.807) is 19.9 Å². The van der Waals surface area contributed by atoms with E-state index in [0.717, 1.165) is 5.57 Å². The van der Waals surface area contributed by atoms with Crippen molar-refractivity contribution in [1.82, 2.24) is 0 Å². The molecule has 0 saturated carbocycles. The summed E-state index contributed by atoms with van der Waals surface area (Å²) >= 11 is 0. The van der Waals surface area contributed by atoms with Crippen molar-refractivity contribution in [2.45, 2.75) is 164 Å². The minimum Gasteiger partial charge on any atom is -0.453 e. The average molecular weight is 789 g/mol. The number of ketones is 1. The van der Waals surface area contributed by atoms with Crippen LogP contribution in [0.5, 0.6) is 0 Å². The third-order valence-corrected chi connectivity index (χ3v) is 10.1. The highest BCUT2D eigenvalue weighted by Gasteiger charge is 2.52. The first-order valence-electron chi connectivity index (χ1n) is 18.3. The van der Waals surface area contributed by atoms with Crippen LogP contribution in [0.2, 0.25) is 0 Å². The normalized spacial score (nSPS) is 38.0. The molecule has 0 bridgehead atoms.